The Balaban J connectivity index is 1.85. The van der Waals surface area contributed by atoms with Crippen LogP contribution in [-0.4, -0.2) is 41.3 Å². The van der Waals surface area contributed by atoms with Gasteiger partial charge in [0.15, 0.2) is 0 Å². The van der Waals surface area contributed by atoms with E-state index in [0.29, 0.717) is 13.2 Å². The Labute approximate surface area is 132 Å². The number of rotatable bonds is 8. The van der Waals surface area contributed by atoms with Gasteiger partial charge in [-0.25, -0.2) is 0 Å². The molecule has 0 spiro atoms. The Kier molecular flexibility index (Phi) is 6.37. The topological polar surface area (TPSA) is 45.6 Å². The molecule has 22 heavy (non-hydrogen) atoms. The molecule has 1 N–H and O–H groups in total. The van der Waals surface area contributed by atoms with Crippen LogP contribution in [0.1, 0.15) is 24.9 Å². The van der Waals surface area contributed by atoms with Crippen molar-refractivity contribution in [2.75, 3.05) is 20.2 Å². The Morgan fingerprint density at radius 3 is 2.45 bits per heavy atom. The Morgan fingerprint density at radius 1 is 1.14 bits per heavy atom. The van der Waals surface area contributed by atoms with Crippen molar-refractivity contribution >= 4 is 0 Å². The smallest absolute Gasteiger partial charge is 0.119 e. The molecule has 0 radical (unpaired) electrons. The number of hydrogen-bond acceptors (Lipinski definition) is 4. The van der Waals surface area contributed by atoms with E-state index in [9.17, 15) is 5.11 Å². The van der Waals surface area contributed by atoms with Crippen molar-refractivity contribution in [2.45, 2.75) is 25.5 Å². The zero-order valence-electron chi connectivity index (χ0n) is 13.2. The number of aromatic nitrogens is 1. The molecule has 1 aromatic carbocycles. The van der Waals surface area contributed by atoms with Crippen LogP contribution in [-0.2, 0) is 0 Å². The highest BCUT2D eigenvalue weighted by molar-refractivity contribution is 5.21. The van der Waals surface area contributed by atoms with E-state index in [4.69, 9.17) is 4.74 Å². The van der Waals surface area contributed by atoms with Crippen molar-refractivity contribution in [3.05, 3.63) is 60.4 Å². The van der Waals surface area contributed by atoms with E-state index >= 15 is 0 Å². The average Bonchev–Trinajstić information content (AvgIpc) is 2.55. The van der Waals surface area contributed by atoms with Gasteiger partial charge in [0.05, 0.1) is 0 Å². The normalized spacial score (nSPS) is 13.8. The summed E-state index contributed by atoms with van der Waals surface area (Å²) in [5.74, 6) is 0.783. The maximum atomic E-state index is 10.2. The highest BCUT2D eigenvalue weighted by atomic mass is 16.5. The quantitative estimate of drug-likeness (QED) is 0.814. The second kappa shape index (κ2) is 8.51. The van der Waals surface area contributed by atoms with Crippen molar-refractivity contribution in [3.8, 4) is 5.75 Å². The van der Waals surface area contributed by atoms with E-state index in [1.807, 2.05) is 49.5 Å². The zero-order chi connectivity index (χ0) is 15.8. The van der Waals surface area contributed by atoms with Crippen molar-refractivity contribution in [1.82, 2.24) is 9.88 Å². The Morgan fingerprint density at radius 2 is 1.82 bits per heavy atom. The number of para-hydroxylation sites is 1. The summed E-state index contributed by atoms with van der Waals surface area (Å²) in [5.41, 5.74) is 1.22. The van der Waals surface area contributed by atoms with Gasteiger partial charge in [-0.1, -0.05) is 25.1 Å². The lowest BCUT2D eigenvalue weighted by Crippen LogP contribution is -2.35. The van der Waals surface area contributed by atoms with Crippen LogP contribution in [0.5, 0.6) is 5.75 Å². The summed E-state index contributed by atoms with van der Waals surface area (Å²) in [5, 5.41) is 10.2. The van der Waals surface area contributed by atoms with E-state index < -0.39 is 6.10 Å². The minimum Gasteiger partial charge on any atom is -0.491 e. The van der Waals surface area contributed by atoms with Gasteiger partial charge in [0.25, 0.3) is 0 Å². The first-order valence-electron chi connectivity index (χ1n) is 7.66. The fourth-order valence-electron chi connectivity index (χ4n) is 2.61. The molecule has 0 saturated heterocycles. The van der Waals surface area contributed by atoms with Gasteiger partial charge in [0.1, 0.15) is 18.5 Å². The molecule has 2 unspecified atom stereocenters. The van der Waals surface area contributed by atoms with Crippen LogP contribution in [0.15, 0.2) is 54.9 Å². The number of likely N-dealkylation sites (N-methyl/N-ethyl adjacent to an activating group) is 1. The first-order valence-corrected chi connectivity index (χ1v) is 7.66. The SMILES string of the molecule is CCC(c1ccncc1)N(C)CC(O)COc1ccccc1. The third-order valence-corrected chi connectivity index (χ3v) is 3.69. The molecule has 4 nitrogen and oxygen atoms in total. The second-order valence-corrected chi connectivity index (χ2v) is 5.42. The summed E-state index contributed by atoms with van der Waals surface area (Å²) in [6, 6.07) is 13.9. The Bertz CT molecular complexity index is 533. The Hall–Kier alpha value is -1.91. The van der Waals surface area contributed by atoms with Crippen LogP contribution in [0.2, 0.25) is 0 Å². The summed E-state index contributed by atoms with van der Waals surface area (Å²) in [4.78, 5) is 6.22. The van der Waals surface area contributed by atoms with E-state index in [0.717, 1.165) is 12.2 Å². The monoisotopic (exact) mass is 300 g/mol. The molecule has 0 amide bonds. The summed E-state index contributed by atoms with van der Waals surface area (Å²) in [6.07, 6.45) is 4.06. The van der Waals surface area contributed by atoms with E-state index in [1.165, 1.54) is 5.56 Å². The summed E-state index contributed by atoms with van der Waals surface area (Å²) >= 11 is 0. The number of aliphatic hydroxyl groups is 1. The third-order valence-electron chi connectivity index (χ3n) is 3.69. The molecule has 0 aliphatic rings. The molecule has 2 aromatic rings. The van der Waals surface area contributed by atoms with Crippen molar-refractivity contribution < 1.29 is 9.84 Å². The molecule has 1 heterocycles. The molecule has 118 valence electrons. The lowest BCUT2D eigenvalue weighted by atomic mass is 10.0. The van der Waals surface area contributed by atoms with Crippen LogP contribution in [0.25, 0.3) is 0 Å². The first-order chi connectivity index (χ1) is 10.7. The fraction of sp³-hybridized carbons (Fsp3) is 0.389. The lowest BCUT2D eigenvalue weighted by molar-refractivity contribution is 0.0620. The minimum absolute atomic E-state index is 0.273. The van der Waals surface area contributed by atoms with Crippen molar-refractivity contribution in [3.63, 3.8) is 0 Å². The van der Waals surface area contributed by atoms with E-state index in [2.05, 4.69) is 16.8 Å². The number of pyridine rings is 1. The summed E-state index contributed by atoms with van der Waals surface area (Å²) in [6.45, 7) is 3.00. The molecule has 2 atom stereocenters. The standard InChI is InChI=1S/C18H24N2O2/c1-3-18(15-9-11-19-12-10-15)20(2)13-16(21)14-22-17-7-5-4-6-8-17/h4-12,16,18,21H,3,13-14H2,1-2H3. The summed E-state index contributed by atoms with van der Waals surface area (Å²) < 4.78 is 5.60. The largest absolute Gasteiger partial charge is 0.491 e. The molecule has 0 fully saturated rings. The molecule has 1 aromatic heterocycles. The van der Waals surface area contributed by atoms with Crippen LogP contribution in [0.3, 0.4) is 0 Å². The molecule has 0 aliphatic carbocycles. The molecule has 2 rings (SSSR count). The van der Waals surface area contributed by atoms with Gasteiger partial charge in [0, 0.05) is 25.0 Å². The van der Waals surface area contributed by atoms with Gasteiger partial charge >= 0.3 is 0 Å². The number of hydrogen-bond donors (Lipinski definition) is 1. The highest BCUT2D eigenvalue weighted by Gasteiger charge is 2.18. The first kappa shape index (κ1) is 16.5. The van der Waals surface area contributed by atoms with Crippen molar-refractivity contribution in [1.29, 1.82) is 0 Å². The highest BCUT2D eigenvalue weighted by Crippen LogP contribution is 2.22. The lowest BCUT2D eigenvalue weighted by Gasteiger charge is -2.29. The zero-order valence-corrected chi connectivity index (χ0v) is 13.2. The van der Waals surface area contributed by atoms with Gasteiger partial charge < -0.3 is 9.84 Å². The van der Waals surface area contributed by atoms with Gasteiger partial charge in [-0.3, -0.25) is 9.88 Å². The molecule has 0 bridgehead atoms. The van der Waals surface area contributed by atoms with Gasteiger partial charge in [-0.05, 0) is 43.3 Å². The van der Waals surface area contributed by atoms with E-state index in [1.54, 1.807) is 12.4 Å². The fourth-order valence-corrected chi connectivity index (χ4v) is 2.61. The number of ether oxygens (including phenoxy) is 1. The molecular formula is C18H24N2O2. The predicted octanol–water partition coefficient (Wildman–Crippen LogP) is 2.90. The maximum absolute atomic E-state index is 10.2. The number of nitrogens with zero attached hydrogens (tertiary/aromatic N) is 2. The van der Waals surface area contributed by atoms with Crippen LogP contribution >= 0.6 is 0 Å². The average molecular weight is 300 g/mol. The predicted molar refractivity (Wildman–Crippen MR) is 87.8 cm³/mol. The van der Waals surface area contributed by atoms with Gasteiger partial charge in [0.2, 0.25) is 0 Å². The number of aliphatic hydroxyl groups excluding tert-OH is 1. The maximum Gasteiger partial charge on any atom is 0.119 e. The van der Waals surface area contributed by atoms with Gasteiger partial charge in [-0.15, -0.1) is 0 Å². The van der Waals surface area contributed by atoms with E-state index in [-0.39, 0.29) is 6.04 Å². The summed E-state index contributed by atoms with van der Waals surface area (Å²) in [7, 11) is 2.03. The molecular weight excluding hydrogens is 276 g/mol. The number of benzene rings is 1. The molecule has 0 saturated carbocycles. The minimum atomic E-state index is -0.527. The molecule has 0 aliphatic heterocycles. The third kappa shape index (κ3) is 4.83. The second-order valence-electron chi connectivity index (χ2n) is 5.42. The van der Waals surface area contributed by atoms with Crippen LogP contribution in [0.4, 0.5) is 0 Å². The van der Waals surface area contributed by atoms with Crippen LogP contribution in [0, 0.1) is 0 Å². The van der Waals surface area contributed by atoms with Crippen LogP contribution < -0.4 is 4.74 Å². The van der Waals surface area contributed by atoms with Crippen molar-refractivity contribution in [2.24, 2.45) is 0 Å². The molecule has 4 heteroatoms. The van der Waals surface area contributed by atoms with Gasteiger partial charge in [-0.2, -0.15) is 0 Å².